The Bertz CT molecular complexity index is 2310. The second kappa shape index (κ2) is 15.0. The molecule has 14 nitrogen and oxygen atoms in total. The maximum absolute atomic E-state index is 14.0. The molecule has 5 aromatic rings. The average molecular weight is 815 g/mol. The Kier molecular flexibility index (Phi) is 9.86. The SMILES string of the molecule is COC(=O)N[C@H](C(=O)N1CC2(CC2)C[C@H]1c1nc2ccc(-c3ccc(-c4ccc5nc([C@@H]6CC7(CC7)CN6C(=O)[C@@H](NC(=O)OC)C(C)C)[nH]c5c4)cc3)cc2[nH]1)C(C)C. The minimum absolute atomic E-state index is 0.108. The number of carbonyl (C=O) groups excluding carboxylic acids is 4. The Balaban J connectivity index is 0.928. The Morgan fingerprint density at radius 3 is 1.32 bits per heavy atom. The highest BCUT2D eigenvalue weighted by Gasteiger charge is 2.56. The molecule has 2 saturated heterocycles. The van der Waals surface area contributed by atoms with Crippen LogP contribution in [-0.4, -0.2) is 93.1 Å². The number of carbonyl (C=O) groups is 4. The zero-order valence-corrected chi connectivity index (χ0v) is 35.1. The van der Waals surface area contributed by atoms with Gasteiger partial charge in [0, 0.05) is 13.1 Å². The van der Waals surface area contributed by atoms with Gasteiger partial charge in [-0.3, -0.25) is 9.59 Å². The fraction of sp³-hybridized carbons (Fsp3) is 0.478. The third-order valence-electron chi connectivity index (χ3n) is 13.5. The zero-order chi connectivity index (χ0) is 42.1. The first-order valence-electron chi connectivity index (χ1n) is 21.2. The van der Waals surface area contributed by atoms with E-state index in [9.17, 15) is 19.2 Å². The topological polar surface area (TPSA) is 175 Å². The van der Waals surface area contributed by atoms with Crippen LogP contribution < -0.4 is 10.6 Å². The minimum Gasteiger partial charge on any atom is -0.453 e. The van der Waals surface area contributed by atoms with Crippen molar-refractivity contribution in [3.05, 3.63) is 72.3 Å². The molecule has 0 bridgehead atoms. The molecule has 4 N–H and O–H groups in total. The fourth-order valence-corrected chi connectivity index (χ4v) is 9.49. The van der Waals surface area contributed by atoms with Crippen LogP contribution in [0.25, 0.3) is 44.3 Å². The molecule has 3 aromatic carbocycles. The van der Waals surface area contributed by atoms with E-state index < -0.39 is 24.3 Å². The van der Waals surface area contributed by atoms with E-state index in [0.717, 1.165) is 94.5 Å². The smallest absolute Gasteiger partial charge is 0.407 e. The van der Waals surface area contributed by atoms with Gasteiger partial charge in [0.1, 0.15) is 23.7 Å². The second-order valence-corrected chi connectivity index (χ2v) is 18.4. The van der Waals surface area contributed by atoms with Crippen LogP contribution in [0, 0.1) is 22.7 Å². The summed E-state index contributed by atoms with van der Waals surface area (Å²) in [6.07, 6.45) is 4.80. The molecule has 14 heteroatoms. The maximum atomic E-state index is 14.0. The molecule has 0 unspecified atom stereocenters. The Hall–Kier alpha value is -5.92. The molecule has 314 valence electrons. The Labute approximate surface area is 349 Å². The van der Waals surface area contributed by atoms with Gasteiger partial charge in [0.2, 0.25) is 11.8 Å². The van der Waals surface area contributed by atoms with Crippen LogP contribution in [-0.2, 0) is 19.1 Å². The zero-order valence-electron chi connectivity index (χ0n) is 35.1. The van der Waals surface area contributed by atoms with E-state index in [4.69, 9.17) is 19.4 Å². The second-order valence-electron chi connectivity index (χ2n) is 18.4. The highest BCUT2D eigenvalue weighted by Crippen LogP contribution is 2.59. The van der Waals surface area contributed by atoms with E-state index in [2.05, 4.69) is 69.1 Å². The number of aromatic amines is 2. The van der Waals surface area contributed by atoms with E-state index in [1.165, 1.54) is 14.2 Å². The number of benzene rings is 3. The summed E-state index contributed by atoms with van der Waals surface area (Å²) in [6, 6.07) is 19.1. The molecule has 2 aliphatic carbocycles. The summed E-state index contributed by atoms with van der Waals surface area (Å²) in [5, 5.41) is 5.51. The fourth-order valence-electron chi connectivity index (χ4n) is 9.49. The number of rotatable bonds is 10. The summed E-state index contributed by atoms with van der Waals surface area (Å²) in [5.74, 6) is 1.10. The predicted molar refractivity (Wildman–Crippen MR) is 226 cm³/mol. The van der Waals surface area contributed by atoms with Crippen LogP contribution in [0.2, 0.25) is 0 Å². The summed E-state index contributed by atoms with van der Waals surface area (Å²) in [7, 11) is 2.61. The molecule has 4 amide bonds. The lowest BCUT2D eigenvalue weighted by Crippen LogP contribution is -2.51. The van der Waals surface area contributed by atoms with Gasteiger partial charge in [-0.15, -0.1) is 0 Å². The molecule has 0 radical (unpaired) electrons. The van der Waals surface area contributed by atoms with Crippen molar-refractivity contribution >= 4 is 46.1 Å². The van der Waals surface area contributed by atoms with E-state index in [1.54, 1.807) is 0 Å². The lowest BCUT2D eigenvalue weighted by atomic mass is 10.00. The number of fused-ring (bicyclic) bond motifs is 2. The minimum atomic E-state index is -0.691. The van der Waals surface area contributed by atoms with Gasteiger partial charge in [-0.05, 0) is 108 Å². The highest BCUT2D eigenvalue weighted by molar-refractivity contribution is 5.89. The number of aromatic nitrogens is 4. The number of nitrogens with zero attached hydrogens (tertiary/aromatic N) is 4. The van der Waals surface area contributed by atoms with Crippen molar-refractivity contribution in [3.8, 4) is 22.3 Å². The van der Waals surface area contributed by atoms with Gasteiger partial charge < -0.3 is 39.9 Å². The number of imidazole rings is 2. The maximum Gasteiger partial charge on any atom is 0.407 e. The number of ether oxygens (including phenoxy) is 2. The van der Waals surface area contributed by atoms with Crippen LogP contribution in [0.15, 0.2) is 60.7 Å². The van der Waals surface area contributed by atoms with Gasteiger partial charge >= 0.3 is 12.2 Å². The standard InChI is InChI=1S/C46H54N8O6/c1-25(2)37(51-43(57)59-5)41(55)53-23-45(15-16-45)21-35(53)39-47-31-13-11-29(19-33(31)49-39)27-7-9-28(10-8-27)30-12-14-32-34(20-30)50-40(48-32)36-22-46(17-18-46)24-54(36)42(56)38(26(3)4)52-44(58)60-6/h7-14,19-20,25-26,35-38H,15-18,21-24H2,1-6H3,(H,47,49)(H,48,50)(H,51,57)(H,52,58)/t35-,36-,37-,38-/m0/s1. The summed E-state index contributed by atoms with van der Waals surface area (Å²) in [5.41, 5.74) is 7.92. The van der Waals surface area contributed by atoms with Crippen molar-refractivity contribution in [1.82, 2.24) is 40.4 Å². The average Bonchev–Trinajstić information content (AvgIpc) is 3.89. The van der Waals surface area contributed by atoms with Crippen LogP contribution in [0.5, 0.6) is 0 Å². The van der Waals surface area contributed by atoms with Crippen molar-refractivity contribution in [1.29, 1.82) is 0 Å². The van der Waals surface area contributed by atoms with Gasteiger partial charge in [-0.2, -0.15) is 0 Å². The third-order valence-corrected chi connectivity index (χ3v) is 13.5. The van der Waals surface area contributed by atoms with Crippen molar-refractivity contribution in [2.24, 2.45) is 22.7 Å². The number of hydrogen-bond acceptors (Lipinski definition) is 8. The molecule has 9 rings (SSSR count). The van der Waals surface area contributed by atoms with Crippen molar-refractivity contribution in [2.45, 2.75) is 90.4 Å². The van der Waals surface area contributed by atoms with Gasteiger partial charge in [-0.25, -0.2) is 19.6 Å². The first-order valence-corrected chi connectivity index (χ1v) is 21.2. The lowest BCUT2D eigenvalue weighted by Gasteiger charge is -2.30. The Morgan fingerprint density at radius 1 is 0.617 bits per heavy atom. The van der Waals surface area contributed by atoms with Gasteiger partial charge in [0.05, 0.1) is 48.4 Å². The summed E-state index contributed by atoms with van der Waals surface area (Å²) < 4.78 is 9.66. The molecule has 2 aliphatic heterocycles. The molecule has 4 atom stereocenters. The van der Waals surface area contributed by atoms with Gasteiger partial charge in [-0.1, -0.05) is 64.1 Å². The molecule has 4 heterocycles. The van der Waals surface area contributed by atoms with E-state index in [0.29, 0.717) is 13.1 Å². The van der Waals surface area contributed by atoms with Gasteiger partial charge in [0.15, 0.2) is 0 Å². The quantitative estimate of drug-likeness (QED) is 0.111. The van der Waals surface area contributed by atoms with Crippen molar-refractivity contribution in [3.63, 3.8) is 0 Å². The Morgan fingerprint density at radius 2 is 0.983 bits per heavy atom. The number of H-pyrrole nitrogens is 2. The van der Waals surface area contributed by atoms with Crippen LogP contribution >= 0.6 is 0 Å². The van der Waals surface area contributed by atoms with E-state index >= 15 is 0 Å². The monoisotopic (exact) mass is 814 g/mol. The molecule has 4 fully saturated rings. The summed E-state index contributed by atoms with van der Waals surface area (Å²) in [4.78, 5) is 73.1. The van der Waals surface area contributed by atoms with Crippen molar-refractivity contribution < 1.29 is 28.7 Å². The molecule has 60 heavy (non-hydrogen) atoms. The van der Waals surface area contributed by atoms with Gasteiger partial charge in [0.25, 0.3) is 0 Å². The molecule has 2 spiro atoms. The first kappa shape index (κ1) is 39.5. The molecular weight excluding hydrogens is 761 g/mol. The number of methoxy groups -OCH3 is 2. The van der Waals surface area contributed by atoms with E-state index in [1.807, 2.05) is 49.6 Å². The highest BCUT2D eigenvalue weighted by atomic mass is 16.5. The third kappa shape index (κ3) is 7.34. The molecular formula is C46H54N8O6. The summed E-state index contributed by atoms with van der Waals surface area (Å²) in [6.45, 7) is 9.02. The predicted octanol–water partition coefficient (Wildman–Crippen LogP) is 7.64. The van der Waals surface area contributed by atoms with Crippen LogP contribution in [0.3, 0.4) is 0 Å². The number of alkyl carbamates (subject to hydrolysis) is 2. The van der Waals surface area contributed by atoms with E-state index in [-0.39, 0.29) is 46.6 Å². The lowest BCUT2D eigenvalue weighted by molar-refractivity contribution is -0.136. The van der Waals surface area contributed by atoms with Crippen LogP contribution in [0.4, 0.5) is 9.59 Å². The van der Waals surface area contributed by atoms with Crippen LogP contribution in [0.1, 0.15) is 90.0 Å². The number of nitrogens with one attached hydrogen (secondary N) is 4. The molecule has 2 saturated carbocycles. The van der Waals surface area contributed by atoms with Crippen molar-refractivity contribution in [2.75, 3.05) is 27.3 Å². The first-order chi connectivity index (χ1) is 28.8. The summed E-state index contributed by atoms with van der Waals surface area (Å²) >= 11 is 0. The molecule has 2 aromatic heterocycles. The number of amides is 4. The largest absolute Gasteiger partial charge is 0.453 e. The number of likely N-dealkylation sites (tertiary alicyclic amines) is 2. The number of hydrogen-bond donors (Lipinski definition) is 4. The normalized spacial score (nSPS) is 20.9. The molecule has 4 aliphatic rings.